The van der Waals surface area contributed by atoms with Crippen LogP contribution in [-0.4, -0.2) is 11.2 Å². The van der Waals surface area contributed by atoms with Gasteiger partial charge in [0.25, 0.3) is 0 Å². The Morgan fingerprint density at radius 3 is 2.40 bits per heavy atom. The van der Waals surface area contributed by atoms with Gasteiger partial charge < -0.3 is 5.11 Å². The molecule has 1 aromatic carbocycles. The molecule has 0 heterocycles. The summed E-state index contributed by atoms with van der Waals surface area (Å²) < 4.78 is 0. The van der Waals surface area contributed by atoms with Crippen molar-refractivity contribution in [1.82, 2.24) is 0 Å². The van der Waals surface area contributed by atoms with Crippen molar-refractivity contribution in [3.05, 3.63) is 35.4 Å². The highest BCUT2D eigenvalue weighted by Gasteiger charge is 2.04. The zero-order valence-corrected chi connectivity index (χ0v) is 9.87. The van der Waals surface area contributed by atoms with Crippen LogP contribution in [0.5, 0.6) is 0 Å². The van der Waals surface area contributed by atoms with E-state index in [2.05, 4.69) is 31.2 Å². The second-order valence-corrected chi connectivity index (χ2v) is 4.28. The molecule has 0 aliphatic heterocycles. The topological polar surface area (TPSA) is 20.2 Å². The number of aliphatic hydroxyl groups excluding tert-OH is 1. The van der Waals surface area contributed by atoms with Gasteiger partial charge in [0.05, 0.1) is 6.10 Å². The molecule has 1 N–H and O–H groups in total. The Kier molecular flexibility index (Phi) is 5.41. The molecule has 1 heteroatoms. The third kappa shape index (κ3) is 4.48. The van der Waals surface area contributed by atoms with E-state index in [4.69, 9.17) is 0 Å². The first-order valence-electron chi connectivity index (χ1n) is 5.99. The highest BCUT2D eigenvalue weighted by atomic mass is 16.3. The Balaban J connectivity index is 2.60. The predicted molar refractivity (Wildman–Crippen MR) is 65.1 cm³/mol. The van der Waals surface area contributed by atoms with Crippen LogP contribution >= 0.6 is 0 Å². The molecule has 1 nitrogen and oxygen atoms in total. The largest absolute Gasteiger partial charge is 0.393 e. The summed E-state index contributed by atoms with van der Waals surface area (Å²) in [6.45, 7) is 4.07. The maximum atomic E-state index is 9.40. The second kappa shape index (κ2) is 6.62. The van der Waals surface area contributed by atoms with Crippen molar-refractivity contribution in [2.24, 2.45) is 0 Å². The van der Waals surface area contributed by atoms with Crippen molar-refractivity contribution < 1.29 is 5.11 Å². The number of benzene rings is 1. The van der Waals surface area contributed by atoms with Gasteiger partial charge in [-0.25, -0.2) is 0 Å². The zero-order valence-electron chi connectivity index (χ0n) is 9.87. The van der Waals surface area contributed by atoms with Crippen LogP contribution < -0.4 is 0 Å². The SMILES string of the molecule is CCCCCc1ccccc1CC(C)O. The monoisotopic (exact) mass is 206 g/mol. The number of aryl methyl sites for hydroxylation is 1. The van der Waals surface area contributed by atoms with Gasteiger partial charge >= 0.3 is 0 Å². The average Bonchev–Trinajstić information content (AvgIpc) is 2.20. The van der Waals surface area contributed by atoms with Gasteiger partial charge in [0.2, 0.25) is 0 Å². The molecule has 0 aromatic heterocycles. The summed E-state index contributed by atoms with van der Waals surface area (Å²) in [4.78, 5) is 0. The molecule has 0 fully saturated rings. The minimum atomic E-state index is -0.239. The average molecular weight is 206 g/mol. The van der Waals surface area contributed by atoms with E-state index in [1.54, 1.807) is 0 Å². The first kappa shape index (κ1) is 12.3. The van der Waals surface area contributed by atoms with Gasteiger partial charge in [0, 0.05) is 0 Å². The molecule has 15 heavy (non-hydrogen) atoms. The van der Waals surface area contributed by atoms with E-state index in [9.17, 15) is 5.11 Å². The number of aliphatic hydroxyl groups is 1. The highest BCUT2D eigenvalue weighted by Crippen LogP contribution is 2.14. The normalized spacial score (nSPS) is 12.7. The lowest BCUT2D eigenvalue weighted by molar-refractivity contribution is 0.195. The lowest BCUT2D eigenvalue weighted by Crippen LogP contribution is -2.06. The lowest BCUT2D eigenvalue weighted by atomic mass is 9.98. The molecule has 1 atom stereocenters. The van der Waals surface area contributed by atoms with Gasteiger partial charge in [-0.1, -0.05) is 44.0 Å². The Labute approximate surface area is 93.1 Å². The molecule has 1 unspecified atom stereocenters. The van der Waals surface area contributed by atoms with Gasteiger partial charge in [-0.15, -0.1) is 0 Å². The van der Waals surface area contributed by atoms with Gasteiger partial charge in [-0.3, -0.25) is 0 Å². The van der Waals surface area contributed by atoms with Crippen molar-refractivity contribution in [3.8, 4) is 0 Å². The Morgan fingerprint density at radius 1 is 1.13 bits per heavy atom. The number of hydrogen-bond donors (Lipinski definition) is 1. The summed E-state index contributed by atoms with van der Waals surface area (Å²) in [7, 11) is 0. The molecule has 0 radical (unpaired) electrons. The minimum absolute atomic E-state index is 0.239. The van der Waals surface area contributed by atoms with Crippen molar-refractivity contribution >= 4 is 0 Å². The molecule has 0 saturated heterocycles. The van der Waals surface area contributed by atoms with Crippen LogP contribution in [0.4, 0.5) is 0 Å². The van der Waals surface area contributed by atoms with Crippen molar-refractivity contribution in [2.45, 2.75) is 52.1 Å². The molecule has 0 saturated carbocycles. The number of hydrogen-bond acceptors (Lipinski definition) is 1. The summed E-state index contributed by atoms with van der Waals surface area (Å²) >= 11 is 0. The summed E-state index contributed by atoms with van der Waals surface area (Å²) in [5.74, 6) is 0. The first-order valence-corrected chi connectivity index (χ1v) is 5.99. The summed E-state index contributed by atoms with van der Waals surface area (Å²) in [6, 6.07) is 8.47. The second-order valence-electron chi connectivity index (χ2n) is 4.28. The van der Waals surface area contributed by atoms with Crippen LogP contribution in [0.1, 0.15) is 44.2 Å². The summed E-state index contributed by atoms with van der Waals surface area (Å²) in [6.07, 6.45) is 5.51. The molecular weight excluding hydrogens is 184 g/mol. The van der Waals surface area contributed by atoms with Gasteiger partial charge in [0.15, 0.2) is 0 Å². The van der Waals surface area contributed by atoms with E-state index < -0.39 is 0 Å². The molecule has 84 valence electrons. The van der Waals surface area contributed by atoms with Crippen LogP contribution in [-0.2, 0) is 12.8 Å². The van der Waals surface area contributed by atoms with Gasteiger partial charge in [0.1, 0.15) is 0 Å². The molecule has 0 aliphatic rings. The maximum Gasteiger partial charge on any atom is 0.0552 e. The summed E-state index contributed by atoms with van der Waals surface area (Å²) in [5.41, 5.74) is 2.72. The summed E-state index contributed by atoms with van der Waals surface area (Å²) in [5, 5.41) is 9.40. The molecule has 1 aromatic rings. The third-order valence-electron chi connectivity index (χ3n) is 2.68. The van der Waals surface area contributed by atoms with E-state index in [1.165, 1.54) is 30.4 Å². The maximum absolute atomic E-state index is 9.40. The van der Waals surface area contributed by atoms with Crippen LogP contribution in [0.25, 0.3) is 0 Å². The Bertz CT molecular complexity index is 278. The van der Waals surface area contributed by atoms with E-state index in [0.29, 0.717) is 0 Å². The standard InChI is InChI=1S/C14H22O/c1-3-4-5-8-13-9-6-7-10-14(13)11-12(2)15/h6-7,9-10,12,15H,3-5,8,11H2,1-2H3. The van der Waals surface area contributed by atoms with E-state index >= 15 is 0 Å². The molecule has 0 spiro atoms. The van der Waals surface area contributed by atoms with E-state index in [0.717, 1.165) is 12.8 Å². The van der Waals surface area contributed by atoms with Gasteiger partial charge in [-0.2, -0.15) is 0 Å². The Hall–Kier alpha value is -0.820. The molecule has 1 rings (SSSR count). The Morgan fingerprint density at radius 2 is 1.80 bits per heavy atom. The lowest BCUT2D eigenvalue weighted by Gasteiger charge is -2.10. The number of rotatable bonds is 6. The van der Waals surface area contributed by atoms with E-state index in [-0.39, 0.29) is 6.10 Å². The zero-order chi connectivity index (χ0) is 11.1. The molecule has 0 aliphatic carbocycles. The van der Waals surface area contributed by atoms with Crippen LogP contribution in [0.15, 0.2) is 24.3 Å². The van der Waals surface area contributed by atoms with Crippen molar-refractivity contribution in [1.29, 1.82) is 0 Å². The quantitative estimate of drug-likeness (QED) is 0.708. The van der Waals surface area contributed by atoms with Crippen LogP contribution in [0.2, 0.25) is 0 Å². The van der Waals surface area contributed by atoms with Crippen LogP contribution in [0, 0.1) is 0 Å². The molecule has 0 bridgehead atoms. The molecular formula is C14H22O. The number of unbranched alkanes of at least 4 members (excludes halogenated alkanes) is 2. The van der Waals surface area contributed by atoms with Crippen LogP contribution in [0.3, 0.4) is 0 Å². The first-order chi connectivity index (χ1) is 7.24. The fraction of sp³-hybridized carbons (Fsp3) is 0.571. The van der Waals surface area contributed by atoms with Crippen molar-refractivity contribution in [3.63, 3.8) is 0 Å². The predicted octanol–water partition coefficient (Wildman–Crippen LogP) is 3.34. The van der Waals surface area contributed by atoms with Gasteiger partial charge in [-0.05, 0) is 37.3 Å². The highest BCUT2D eigenvalue weighted by molar-refractivity contribution is 5.27. The smallest absolute Gasteiger partial charge is 0.0552 e. The third-order valence-corrected chi connectivity index (χ3v) is 2.68. The van der Waals surface area contributed by atoms with Crippen molar-refractivity contribution in [2.75, 3.05) is 0 Å². The minimum Gasteiger partial charge on any atom is -0.393 e. The van der Waals surface area contributed by atoms with E-state index in [1.807, 2.05) is 6.92 Å². The fourth-order valence-corrected chi connectivity index (χ4v) is 1.88. The fourth-order valence-electron chi connectivity index (χ4n) is 1.88. The molecule has 0 amide bonds.